The minimum atomic E-state index is -2.01. The lowest BCUT2D eigenvalue weighted by Crippen LogP contribution is -2.73. The summed E-state index contributed by atoms with van der Waals surface area (Å²) >= 11 is 0. The number of methoxy groups -OCH3 is 1. The maximum Gasteiger partial charge on any atom is 0.334 e. The van der Waals surface area contributed by atoms with Crippen LogP contribution >= 0.6 is 0 Å². The van der Waals surface area contributed by atoms with Crippen molar-refractivity contribution in [2.75, 3.05) is 20.2 Å². The number of phenols is 1. The molecule has 4 N–H and O–H groups in total. The number of aromatic hydroxyl groups is 1. The van der Waals surface area contributed by atoms with Crippen LogP contribution in [0.25, 0.3) is 6.08 Å². The first-order valence-corrected chi connectivity index (χ1v) is 12.0. The summed E-state index contributed by atoms with van der Waals surface area (Å²) in [5.74, 6) is -3.30. The second kappa shape index (κ2) is 11.3. The van der Waals surface area contributed by atoms with Crippen molar-refractivity contribution in [1.29, 1.82) is 0 Å². The van der Waals surface area contributed by atoms with E-state index in [0.717, 1.165) is 5.56 Å². The molecule has 2 bridgehead atoms. The predicted molar refractivity (Wildman–Crippen MR) is 132 cm³/mol. The molecule has 2 aromatic rings. The normalized spacial score (nSPS) is 27.3. The molecule has 10 nitrogen and oxygen atoms in total. The van der Waals surface area contributed by atoms with E-state index in [4.69, 9.17) is 18.9 Å². The number of hydrogen-bond acceptors (Lipinski definition) is 10. The molecule has 0 radical (unpaired) electrons. The summed E-state index contributed by atoms with van der Waals surface area (Å²) in [5.41, 5.74) is 1.82. The van der Waals surface area contributed by atoms with Crippen molar-refractivity contribution in [2.45, 2.75) is 50.0 Å². The van der Waals surface area contributed by atoms with Crippen molar-refractivity contribution in [3.8, 4) is 11.5 Å². The zero-order chi connectivity index (χ0) is 26.6. The van der Waals surface area contributed by atoms with E-state index in [1.807, 2.05) is 30.3 Å². The van der Waals surface area contributed by atoms with Crippen LogP contribution in [0.2, 0.25) is 0 Å². The molecular formula is C27H31NO9. The Bertz CT molecular complexity index is 1150. The number of fused-ring (bicyclic) bond motifs is 2. The summed E-state index contributed by atoms with van der Waals surface area (Å²) in [6.45, 7) is 1.31. The van der Waals surface area contributed by atoms with Gasteiger partial charge in [-0.15, -0.1) is 0 Å². The number of hydrogen-bond donors (Lipinski definition) is 4. The highest BCUT2D eigenvalue weighted by molar-refractivity contribution is 5.94. The van der Waals surface area contributed by atoms with Gasteiger partial charge in [0.25, 0.3) is 0 Å². The third-order valence-corrected chi connectivity index (χ3v) is 6.41. The van der Waals surface area contributed by atoms with E-state index in [-0.39, 0.29) is 36.6 Å². The Morgan fingerprint density at radius 3 is 2.65 bits per heavy atom. The first kappa shape index (κ1) is 26.6. The lowest BCUT2D eigenvalue weighted by molar-refractivity contribution is -0.355. The Morgan fingerprint density at radius 1 is 1.19 bits per heavy atom. The third kappa shape index (κ3) is 6.11. The molecule has 0 spiro atoms. The molecule has 2 saturated heterocycles. The summed E-state index contributed by atoms with van der Waals surface area (Å²) < 4.78 is 21.8. The number of aryl methyl sites for hydroxylation is 1. The number of rotatable bonds is 8. The van der Waals surface area contributed by atoms with Gasteiger partial charge >= 0.3 is 11.9 Å². The van der Waals surface area contributed by atoms with Crippen molar-refractivity contribution in [3.05, 3.63) is 65.2 Å². The molecule has 2 aliphatic heterocycles. The van der Waals surface area contributed by atoms with E-state index in [1.54, 1.807) is 18.2 Å². The number of β-amino-alcohol motifs (C(OH)–C–C–N with tert-alkyl or cyclic N) is 1. The van der Waals surface area contributed by atoms with Crippen molar-refractivity contribution < 1.29 is 43.9 Å². The molecule has 2 heterocycles. The van der Waals surface area contributed by atoms with Crippen LogP contribution in [0.5, 0.6) is 11.5 Å². The van der Waals surface area contributed by atoms with Crippen molar-refractivity contribution in [1.82, 2.24) is 5.32 Å². The summed E-state index contributed by atoms with van der Waals surface area (Å²) in [6.07, 6.45) is -2.60. The highest BCUT2D eigenvalue weighted by Crippen LogP contribution is 2.35. The summed E-state index contributed by atoms with van der Waals surface area (Å²) in [6, 6.07) is 14.2. The first-order chi connectivity index (χ1) is 17.7. The fourth-order valence-electron chi connectivity index (χ4n) is 4.56. The average Bonchev–Trinajstić information content (AvgIpc) is 2.88. The highest BCUT2D eigenvalue weighted by atomic mass is 16.7. The van der Waals surface area contributed by atoms with E-state index in [2.05, 4.69) is 5.32 Å². The quantitative estimate of drug-likeness (QED) is 0.301. The largest absolute Gasteiger partial charge is 0.504 e. The zero-order valence-electron chi connectivity index (χ0n) is 20.6. The fourth-order valence-corrected chi connectivity index (χ4v) is 4.56. The number of benzene rings is 2. The molecule has 0 amide bonds. The van der Waals surface area contributed by atoms with Crippen LogP contribution in [0.15, 0.2) is 54.1 Å². The van der Waals surface area contributed by atoms with Crippen molar-refractivity contribution >= 4 is 18.0 Å². The fraction of sp³-hybridized carbons (Fsp3) is 0.407. The molecule has 37 heavy (non-hydrogen) atoms. The third-order valence-electron chi connectivity index (χ3n) is 6.41. The molecule has 0 aromatic heterocycles. The van der Waals surface area contributed by atoms with Crippen LogP contribution in [0.3, 0.4) is 0 Å². The Labute approximate surface area is 214 Å². The maximum absolute atomic E-state index is 13.5. The van der Waals surface area contributed by atoms with E-state index in [1.165, 1.54) is 20.1 Å². The second-order valence-electron chi connectivity index (χ2n) is 9.11. The predicted octanol–water partition coefficient (Wildman–Crippen LogP) is 1.31. The summed E-state index contributed by atoms with van der Waals surface area (Å²) in [7, 11) is 1.42. The Hall–Kier alpha value is -3.44. The van der Waals surface area contributed by atoms with Crippen LogP contribution < -0.4 is 10.1 Å². The molecule has 2 aromatic carbocycles. The number of carbonyl (C=O) groups is 2. The smallest absolute Gasteiger partial charge is 0.334 e. The molecule has 0 unspecified atom stereocenters. The lowest BCUT2D eigenvalue weighted by atomic mass is 9.89. The van der Waals surface area contributed by atoms with Gasteiger partial charge in [0.15, 0.2) is 23.7 Å². The standard InChI is InChI=1S/C27H31NO9/c1-16(29)35-24-23(31)22-14-28-15-27(33,37-22)25(24)36-26(32)19(10-8-17-6-4-3-5-7-17)12-18-9-11-20(30)21(13-18)34-2/h3-7,9,11-13,22-25,28,30-31,33H,8,10,14-15H2,1-2H3/t22-,23+,24+,25-,27-/m1/s1. The monoisotopic (exact) mass is 513 g/mol. The van der Waals surface area contributed by atoms with Gasteiger partial charge in [-0.05, 0) is 42.2 Å². The summed E-state index contributed by atoms with van der Waals surface area (Å²) in [4.78, 5) is 25.3. The van der Waals surface area contributed by atoms with E-state index in [0.29, 0.717) is 12.0 Å². The van der Waals surface area contributed by atoms with Gasteiger partial charge in [-0.3, -0.25) is 4.79 Å². The number of aliphatic hydroxyl groups excluding tert-OH is 1. The molecule has 198 valence electrons. The molecule has 2 aliphatic rings. The topological polar surface area (TPSA) is 144 Å². The van der Waals surface area contributed by atoms with Gasteiger partial charge in [-0.25, -0.2) is 4.79 Å². The van der Waals surface area contributed by atoms with E-state index in [9.17, 15) is 24.9 Å². The number of carbonyl (C=O) groups excluding carboxylic acids is 2. The number of esters is 2. The molecular weight excluding hydrogens is 482 g/mol. The minimum absolute atomic E-state index is 0.0489. The summed E-state index contributed by atoms with van der Waals surface area (Å²) in [5, 5.41) is 34.8. The number of aliphatic hydroxyl groups is 2. The van der Waals surface area contributed by atoms with Crippen LogP contribution in [0.4, 0.5) is 0 Å². The van der Waals surface area contributed by atoms with Gasteiger partial charge in [0.1, 0.15) is 12.2 Å². The minimum Gasteiger partial charge on any atom is -0.504 e. The van der Waals surface area contributed by atoms with Gasteiger partial charge in [-0.2, -0.15) is 0 Å². The molecule has 0 aliphatic carbocycles. The van der Waals surface area contributed by atoms with Gasteiger partial charge in [0.05, 0.1) is 13.7 Å². The molecule has 2 fully saturated rings. The highest BCUT2D eigenvalue weighted by Gasteiger charge is 2.59. The average molecular weight is 514 g/mol. The molecule has 4 rings (SSSR count). The van der Waals surface area contributed by atoms with E-state index >= 15 is 0 Å². The zero-order valence-corrected chi connectivity index (χ0v) is 20.6. The first-order valence-electron chi connectivity index (χ1n) is 12.0. The van der Waals surface area contributed by atoms with Crippen LogP contribution in [-0.2, 0) is 30.2 Å². The number of phenolic OH excluding ortho intramolecular Hbond substituents is 1. The van der Waals surface area contributed by atoms with Crippen molar-refractivity contribution in [2.24, 2.45) is 0 Å². The second-order valence-corrected chi connectivity index (χ2v) is 9.11. The molecule has 5 atom stereocenters. The lowest BCUT2D eigenvalue weighted by Gasteiger charge is -2.51. The van der Waals surface area contributed by atoms with Gasteiger partial charge in [0, 0.05) is 19.0 Å². The Morgan fingerprint density at radius 2 is 1.95 bits per heavy atom. The van der Waals surface area contributed by atoms with Gasteiger partial charge in [0.2, 0.25) is 5.79 Å². The SMILES string of the molecule is COc1cc(C=C(CCc2ccccc2)C(=O)O[C@@H]2[C@@H](OC(C)=O)[C@@H](O)[C@H]3CNC[C@@]2(O)O3)ccc1O. The van der Waals surface area contributed by atoms with Crippen LogP contribution in [0.1, 0.15) is 24.5 Å². The Kier molecular flexibility index (Phi) is 8.13. The number of ether oxygens (including phenoxy) is 4. The maximum atomic E-state index is 13.5. The van der Waals surface area contributed by atoms with Gasteiger partial charge < -0.3 is 39.6 Å². The molecule has 0 saturated carbocycles. The van der Waals surface area contributed by atoms with Crippen LogP contribution in [0, 0.1) is 0 Å². The van der Waals surface area contributed by atoms with E-state index < -0.39 is 42.1 Å². The van der Waals surface area contributed by atoms with Crippen molar-refractivity contribution in [3.63, 3.8) is 0 Å². The molecule has 10 heteroatoms. The van der Waals surface area contributed by atoms with Gasteiger partial charge in [-0.1, -0.05) is 36.4 Å². The number of morpholine rings is 1. The number of nitrogens with one attached hydrogen (secondary N) is 1. The Balaban J connectivity index is 1.64. The van der Waals surface area contributed by atoms with Crippen LogP contribution in [-0.4, -0.2) is 77.7 Å².